The van der Waals surface area contributed by atoms with Crippen LogP contribution in [0, 0.1) is 28.6 Å². The van der Waals surface area contributed by atoms with Gasteiger partial charge in [-0.3, -0.25) is 0 Å². The minimum Gasteiger partial charge on any atom is -0.459 e. The van der Waals surface area contributed by atoms with Crippen LogP contribution in [0.3, 0.4) is 0 Å². The van der Waals surface area contributed by atoms with Gasteiger partial charge < -0.3 is 9.47 Å². The topological polar surface area (TPSA) is 52.6 Å². The monoisotopic (exact) mass is 454 g/mol. The van der Waals surface area contributed by atoms with Gasteiger partial charge in [0.25, 0.3) is 0 Å². The molecule has 0 amide bonds. The van der Waals surface area contributed by atoms with E-state index in [2.05, 4.69) is 19.9 Å². The molecule has 0 bridgehead atoms. The molecule has 3 saturated carbocycles. The predicted octanol–water partition coefficient (Wildman–Crippen LogP) is 6.71. The first-order valence-electron chi connectivity index (χ1n) is 13.0. The normalized spacial score (nSPS) is 40.8. The Hall–Kier alpha value is -1.84. The zero-order chi connectivity index (χ0) is 24.0. The number of esters is 2. The van der Waals surface area contributed by atoms with Gasteiger partial charge in [0.1, 0.15) is 12.2 Å². The molecular formula is C29H42O4. The first-order valence-corrected chi connectivity index (χ1v) is 13.0. The number of hydrogen-bond donors (Lipinski definition) is 0. The van der Waals surface area contributed by atoms with E-state index in [4.69, 9.17) is 9.47 Å². The summed E-state index contributed by atoms with van der Waals surface area (Å²) in [4.78, 5) is 24.8. The summed E-state index contributed by atoms with van der Waals surface area (Å²) >= 11 is 0. The molecule has 0 saturated heterocycles. The highest BCUT2D eigenvalue weighted by Crippen LogP contribution is 2.65. The third-order valence-corrected chi connectivity index (χ3v) is 10.0. The van der Waals surface area contributed by atoms with E-state index in [1.807, 2.05) is 39.8 Å². The highest BCUT2D eigenvalue weighted by atomic mass is 16.5. The maximum absolute atomic E-state index is 12.5. The minimum absolute atomic E-state index is 0.00210. The Bertz CT molecular complexity index is 895. The number of carbonyl (C=O) groups is 2. The van der Waals surface area contributed by atoms with Crippen LogP contribution < -0.4 is 0 Å². The fourth-order valence-electron chi connectivity index (χ4n) is 7.58. The number of rotatable bonds is 4. The minimum atomic E-state index is -0.173. The van der Waals surface area contributed by atoms with Gasteiger partial charge in [0.05, 0.1) is 0 Å². The molecule has 3 unspecified atom stereocenters. The number of fused-ring (bicyclic) bond motifs is 5. The zero-order valence-corrected chi connectivity index (χ0v) is 21.4. The molecule has 7 atom stereocenters. The van der Waals surface area contributed by atoms with Crippen molar-refractivity contribution < 1.29 is 19.1 Å². The molecular weight excluding hydrogens is 412 g/mol. The van der Waals surface area contributed by atoms with Crippen molar-refractivity contribution in [3.05, 3.63) is 34.9 Å². The third-order valence-electron chi connectivity index (χ3n) is 10.0. The molecule has 0 aliphatic heterocycles. The average Bonchev–Trinajstić information content (AvgIpc) is 3.14. The molecule has 4 rings (SSSR count). The van der Waals surface area contributed by atoms with Gasteiger partial charge in [0.2, 0.25) is 0 Å². The van der Waals surface area contributed by atoms with Crippen LogP contribution in [0.15, 0.2) is 34.9 Å². The lowest BCUT2D eigenvalue weighted by Crippen LogP contribution is -2.51. The zero-order valence-electron chi connectivity index (χ0n) is 21.4. The summed E-state index contributed by atoms with van der Waals surface area (Å²) in [5.41, 5.74) is 3.20. The fraction of sp³-hybridized carbons (Fsp3) is 0.724. The molecule has 4 aliphatic rings. The molecule has 0 aromatic carbocycles. The molecule has 33 heavy (non-hydrogen) atoms. The second kappa shape index (κ2) is 9.07. The molecule has 0 spiro atoms. The average molecular weight is 455 g/mol. The summed E-state index contributed by atoms with van der Waals surface area (Å²) < 4.78 is 11.9. The van der Waals surface area contributed by atoms with E-state index in [9.17, 15) is 9.59 Å². The summed E-state index contributed by atoms with van der Waals surface area (Å²) in [6, 6.07) is 0. The van der Waals surface area contributed by atoms with Crippen molar-refractivity contribution in [2.24, 2.45) is 28.6 Å². The van der Waals surface area contributed by atoms with E-state index < -0.39 is 0 Å². The molecule has 3 fully saturated rings. The Balaban J connectivity index is 1.49. The summed E-state index contributed by atoms with van der Waals surface area (Å²) in [6.45, 7) is 12.3. The number of carbonyl (C=O) groups excluding carboxylic acids is 2. The van der Waals surface area contributed by atoms with Crippen LogP contribution in [0.5, 0.6) is 0 Å². The second-order valence-electron chi connectivity index (χ2n) is 11.5. The quantitative estimate of drug-likeness (QED) is 0.269. The Morgan fingerprint density at radius 3 is 2.24 bits per heavy atom. The maximum Gasteiger partial charge on any atom is 0.333 e. The van der Waals surface area contributed by atoms with Gasteiger partial charge in [-0.15, -0.1) is 0 Å². The molecule has 0 radical (unpaired) electrons. The van der Waals surface area contributed by atoms with E-state index in [1.54, 1.807) is 0 Å². The van der Waals surface area contributed by atoms with Gasteiger partial charge >= 0.3 is 11.9 Å². The Morgan fingerprint density at radius 1 is 0.909 bits per heavy atom. The second-order valence-corrected chi connectivity index (χ2v) is 11.5. The highest BCUT2D eigenvalue weighted by molar-refractivity contribution is 5.88. The first kappa shape index (κ1) is 24.3. The van der Waals surface area contributed by atoms with Crippen LogP contribution in [0.25, 0.3) is 0 Å². The largest absolute Gasteiger partial charge is 0.459 e. The fourth-order valence-corrected chi connectivity index (χ4v) is 7.58. The first-order chi connectivity index (χ1) is 15.6. The maximum atomic E-state index is 12.5. The van der Waals surface area contributed by atoms with Crippen molar-refractivity contribution in [3.8, 4) is 0 Å². The van der Waals surface area contributed by atoms with Gasteiger partial charge in [-0.1, -0.05) is 37.6 Å². The smallest absolute Gasteiger partial charge is 0.333 e. The van der Waals surface area contributed by atoms with Crippen LogP contribution in [0.4, 0.5) is 0 Å². The standard InChI is InChI=1S/C29H42O4/c1-7-18(3)26(30)32-21-13-15-28(5)20(17-21)9-10-22-23-11-12-25(33-27(31)19(4)8-2)29(23,6)16-14-24(22)28/h7-9,21-25H,10-17H2,1-6H3/b18-7+,19-8+/t21-,22?,23?,24?,25-,28-,29-/m0/s1. The lowest BCUT2D eigenvalue weighted by molar-refractivity contribution is -0.155. The summed E-state index contributed by atoms with van der Waals surface area (Å²) in [7, 11) is 0. The van der Waals surface area contributed by atoms with E-state index in [1.165, 1.54) is 12.0 Å². The Labute approximate surface area is 199 Å². The van der Waals surface area contributed by atoms with Crippen LogP contribution in [-0.2, 0) is 19.1 Å². The lowest BCUT2D eigenvalue weighted by Gasteiger charge is -2.57. The summed E-state index contributed by atoms with van der Waals surface area (Å²) in [5.74, 6) is 1.63. The van der Waals surface area contributed by atoms with E-state index in [-0.39, 0.29) is 35.0 Å². The van der Waals surface area contributed by atoms with E-state index >= 15 is 0 Å². The Morgan fingerprint density at radius 2 is 1.58 bits per heavy atom. The summed E-state index contributed by atoms with van der Waals surface area (Å²) in [5, 5.41) is 0. The lowest BCUT2D eigenvalue weighted by atomic mass is 9.48. The van der Waals surface area contributed by atoms with Crippen LogP contribution in [0.1, 0.15) is 92.9 Å². The van der Waals surface area contributed by atoms with Crippen LogP contribution in [0.2, 0.25) is 0 Å². The molecule has 0 heterocycles. The van der Waals surface area contributed by atoms with E-state index in [0.29, 0.717) is 28.9 Å². The highest BCUT2D eigenvalue weighted by Gasteiger charge is 2.59. The molecule has 0 aromatic heterocycles. The Kier molecular flexibility index (Phi) is 6.68. The molecule has 4 nitrogen and oxygen atoms in total. The van der Waals surface area contributed by atoms with Crippen molar-refractivity contribution in [2.75, 3.05) is 0 Å². The number of allylic oxidation sites excluding steroid dienone is 3. The SMILES string of the molecule is C/C=C(\C)C(=O)O[C@H]1CC[C@@]2(C)C(=CCC3C2CC[C@@]2(C)C3CC[C@@H]2OC(=O)/C(C)=C/C)C1. The van der Waals surface area contributed by atoms with Crippen molar-refractivity contribution in [1.29, 1.82) is 0 Å². The molecule has 0 N–H and O–H groups in total. The summed E-state index contributed by atoms with van der Waals surface area (Å²) in [6.07, 6.45) is 14.7. The van der Waals surface area contributed by atoms with Crippen molar-refractivity contribution in [1.82, 2.24) is 0 Å². The van der Waals surface area contributed by atoms with Gasteiger partial charge in [0, 0.05) is 23.0 Å². The number of hydrogen-bond acceptors (Lipinski definition) is 4. The molecule has 182 valence electrons. The third kappa shape index (κ3) is 4.12. The van der Waals surface area contributed by atoms with Gasteiger partial charge in [0.15, 0.2) is 0 Å². The van der Waals surface area contributed by atoms with Crippen LogP contribution in [-0.4, -0.2) is 24.1 Å². The molecule has 4 aliphatic carbocycles. The molecule has 4 heteroatoms. The predicted molar refractivity (Wildman–Crippen MR) is 130 cm³/mol. The van der Waals surface area contributed by atoms with Crippen LogP contribution >= 0.6 is 0 Å². The number of ether oxygens (including phenoxy) is 2. The van der Waals surface area contributed by atoms with Crippen molar-refractivity contribution >= 4 is 11.9 Å². The van der Waals surface area contributed by atoms with E-state index in [0.717, 1.165) is 44.9 Å². The van der Waals surface area contributed by atoms with Crippen molar-refractivity contribution in [2.45, 2.75) is 105 Å². The van der Waals surface area contributed by atoms with Gasteiger partial charge in [-0.25, -0.2) is 9.59 Å². The van der Waals surface area contributed by atoms with Crippen molar-refractivity contribution in [3.63, 3.8) is 0 Å². The van der Waals surface area contributed by atoms with Gasteiger partial charge in [-0.05, 0) is 95.8 Å². The molecule has 0 aromatic rings. The van der Waals surface area contributed by atoms with Gasteiger partial charge in [-0.2, -0.15) is 0 Å².